The molecule has 0 saturated heterocycles. The fraction of sp³-hybridized carbons (Fsp3) is 0.143. The van der Waals surface area contributed by atoms with Crippen molar-refractivity contribution in [3.05, 3.63) is 58.0 Å². The van der Waals surface area contributed by atoms with Crippen LogP contribution in [0, 0.1) is 5.82 Å². The number of nitrogens with one attached hydrogen (secondary N) is 1. The minimum Gasteiger partial charge on any atom is -0.271 e. The molecular formula is C14H13FN2S2. The van der Waals surface area contributed by atoms with Crippen LogP contribution in [0.25, 0.3) is 9.40 Å². The van der Waals surface area contributed by atoms with Gasteiger partial charge in [0, 0.05) is 14.3 Å². The summed E-state index contributed by atoms with van der Waals surface area (Å²) < 4.78 is 16.2. The van der Waals surface area contributed by atoms with Crippen molar-refractivity contribution >= 4 is 32.1 Å². The van der Waals surface area contributed by atoms with Crippen LogP contribution in [0.1, 0.15) is 16.5 Å². The Hall–Kier alpha value is -1.27. The maximum Gasteiger partial charge on any atom is 0.126 e. The second-order valence-electron chi connectivity index (χ2n) is 4.31. The monoisotopic (exact) mass is 292 g/mol. The minimum atomic E-state index is -0.180. The van der Waals surface area contributed by atoms with Crippen molar-refractivity contribution in [3.63, 3.8) is 0 Å². The second-order valence-corrected chi connectivity index (χ2v) is 6.38. The van der Waals surface area contributed by atoms with Crippen molar-refractivity contribution in [1.29, 1.82) is 0 Å². The number of nitrogens with two attached hydrogens (primary N) is 1. The van der Waals surface area contributed by atoms with E-state index in [0.29, 0.717) is 12.0 Å². The lowest BCUT2D eigenvalue weighted by Gasteiger charge is -2.14. The fourth-order valence-corrected chi connectivity index (χ4v) is 4.26. The zero-order chi connectivity index (χ0) is 13.2. The number of hydrogen-bond donors (Lipinski definition) is 2. The SMILES string of the molecule is NNC(Cc1ccccc1F)c1cc2sccc2s1. The van der Waals surface area contributed by atoms with Crippen molar-refractivity contribution in [3.8, 4) is 0 Å². The van der Waals surface area contributed by atoms with E-state index < -0.39 is 0 Å². The van der Waals surface area contributed by atoms with Gasteiger partial charge >= 0.3 is 0 Å². The molecule has 2 nitrogen and oxygen atoms in total. The molecular weight excluding hydrogens is 279 g/mol. The minimum absolute atomic E-state index is 0.0542. The van der Waals surface area contributed by atoms with Gasteiger partial charge in [-0.3, -0.25) is 11.3 Å². The van der Waals surface area contributed by atoms with E-state index >= 15 is 0 Å². The normalized spacial score (nSPS) is 12.9. The summed E-state index contributed by atoms with van der Waals surface area (Å²) in [4.78, 5) is 1.15. The summed E-state index contributed by atoms with van der Waals surface area (Å²) in [7, 11) is 0. The Balaban J connectivity index is 1.88. The van der Waals surface area contributed by atoms with Crippen LogP contribution in [0.2, 0.25) is 0 Å². The van der Waals surface area contributed by atoms with E-state index in [0.717, 1.165) is 4.88 Å². The van der Waals surface area contributed by atoms with E-state index in [1.165, 1.54) is 15.5 Å². The number of benzene rings is 1. The first-order valence-electron chi connectivity index (χ1n) is 5.94. The van der Waals surface area contributed by atoms with Gasteiger partial charge in [-0.05, 0) is 35.6 Å². The molecule has 98 valence electrons. The average molecular weight is 292 g/mol. The van der Waals surface area contributed by atoms with Gasteiger partial charge in [-0.2, -0.15) is 0 Å². The van der Waals surface area contributed by atoms with Crippen LogP contribution in [-0.2, 0) is 6.42 Å². The molecule has 0 saturated carbocycles. The summed E-state index contributed by atoms with van der Waals surface area (Å²) in [6.45, 7) is 0. The largest absolute Gasteiger partial charge is 0.271 e. The molecule has 0 radical (unpaired) electrons. The maximum absolute atomic E-state index is 13.7. The molecule has 19 heavy (non-hydrogen) atoms. The lowest BCUT2D eigenvalue weighted by atomic mass is 10.0. The Morgan fingerprint density at radius 1 is 1.21 bits per heavy atom. The van der Waals surface area contributed by atoms with Gasteiger partial charge in [0.25, 0.3) is 0 Å². The molecule has 0 bridgehead atoms. The van der Waals surface area contributed by atoms with Gasteiger partial charge in [-0.1, -0.05) is 18.2 Å². The van der Waals surface area contributed by atoms with Crippen LogP contribution in [0.3, 0.4) is 0 Å². The molecule has 1 aromatic carbocycles. The number of fused-ring (bicyclic) bond motifs is 1. The molecule has 2 aromatic heterocycles. The third kappa shape index (κ3) is 2.55. The van der Waals surface area contributed by atoms with E-state index in [4.69, 9.17) is 5.84 Å². The Kier molecular flexibility index (Phi) is 3.61. The summed E-state index contributed by atoms with van der Waals surface area (Å²) in [5.74, 6) is 5.45. The van der Waals surface area contributed by atoms with Crippen molar-refractivity contribution in [2.45, 2.75) is 12.5 Å². The van der Waals surface area contributed by atoms with Crippen molar-refractivity contribution < 1.29 is 4.39 Å². The third-order valence-corrected chi connectivity index (χ3v) is 5.29. The highest BCUT2D eigenvalue weighted by atomic mass is 32.1. The van der Waals surface area contributed by atoms with Gasteiger partial charge in [0.15, 0.2) is 0 Å². The molecule has 1 atom stereocenters. The third-order valence-electron chi connectivity index (χ3n) is 3.08. The molecule has 1 unspecified atom stereocenters. The Bertz CT molecular complexity index is 661. The summed E-state index contributed by atoms with van der Waals surface area (Å²) in [6, 6.07) is 11.0. The van der Waals surface area contributed by atoms with E-state index in [2.05, 4.69) is 22.9 Å². The van der Waals surface area contributed by atoms with E-state index in [9.17, 15) is 4.39 Å². The molecule has 0 amide bonds. The van der Waals surface area contributed by atoms with Gasteiger partial charge in [-0.25, -0.2) is 4.39 Å². The molecule has 0 fully saturated rings. The smallest absolute Gasteiger partial charge is 0.126 e. The quantitative estimate of drug-likeness (QED) is 0.566. The van der Waals surface area contributed by atoms with Gasteiger partial charge < -0.3 is 0 Å². The van der Waals surface area contributed by atoms with E-state index in [1.807, 2.05) is 6.07 Å². The van der Waals surface area contributed by atoms with Crippen LogP contribution < -0.4 is 11.3 Å². The predicted molar refractivity (Wildman–Crippen MR) is 79.9 cm³/mol. The van der Waals surface area contributed by atoms with E-state index in [-0.39, 0.29) is 11.9 Å². The molecule has 5 heteroatoms. The predicted octanol–water partition coefficient (Wildman–Crippen LogP) is 3.85. The van der Waals surface area contributed by atoms with Crippen LogP contribution in [-0.4, -0.2) is 0 Å². The van der Waals surface area contributed by atoms with Crippen LogP contribution in [0.5, 0.6) is 0 Å². The lowest BCUT2D eigenvalue weighted by molar-refractivity contribution is 0.535. The summed E-state index contributed by atoms with van der Waals surface area (Å²) in [5, 5.41) is 2.08. The Morgan fingerprint density at radius 3 is 2.79 bits per heavy atom. The number of rotatable bonds is 4. The topological polar surface area (TPSA) is 38.0 Å². The maximum atomic E-state index is 13.7. The van der Waals surface area contributed by atoms with Gasteiger partial charge in [0.2, 0.25) is 0 Å². The first-order valence-corrected chi connectivity index (χ1v) is 7.64. The zero-order valence-electron chi connectivity index (χ0n) is 10.1. The van der Waals surface area contributed by atoms with Crippen LogP contribution in [0.15, 0.2) is 41.8 Å². The molecule has 0 aliphatic rings. The van der Waals surface area contributed by atoms with Gasteiger partial charge in [0.1, 0.15) is 5.82 Å². The molecule has 3 rings (SSSR count). The van der Waals surface area contributed by atoms with Gasteiger partial charge in [0.05, 0.1) is 6.04 Å². The van der Waals surface area contributed by atoms with Gasteiger partial charge in [-0.15, -0.1) is 22.7 Å². The van der Waals surface area contributed by atoms with Crippen LogP contribution >= 0.6 is 22.7 Å². The molecule has 0 aliphatic heterocycles. The Labute approximate surface area is 118 Å². The Morgan fingerprint density at radius 2 is 2.05 bits per heavy atom. The molecule has 3 aromatic rings. The number of thiophene rings is 2. The van der Waals surface area contributed by atoms with E-state index in [1.54, 1.807) is 34.8 Å². The molecule has 0 spiro atoms. The number of hydrazine groups is 1. The number of halogens is 1. The standard InChI is InChI=1S/C14H13FN2S2/c15-10-4-2-1-3-9(10)7-11(17-16)13-8-14-12(19-13)5-6-18-14/h1-6,8,11,17H,7,16H2. The first-order chi connectivity index (χ1) is 9.28. The van der Waals surface area contributed by atoms with Crippen molar-refractivity contribution in [1.82, 2.24) is 5.43 Å². The van der Waals surface area contributed by atoms with Crippen molar-refractivity contribution in [2.24, 2.45) is 5.84 Å². The summed E-state index contributed by atoms with van der Waals surface area (Å²) in [5.41, 5.74) is 3.48. The molecule has 3 N–H and O–H groups in total. The second kappa shape index (κ2) is 5.38. The summed E-state index contributed by atoms with van der Waals surface area (Å²) in [6.07, 6.45) is 0.553. The zero-order valence-corrected chi connectivity index (χ0v) is 11.7. The van der Waals surface area contributed by atoms with Crippen LogP contribution in [0.4, 0.5) is 4.39 Å². The highest BCUT2D eigenvalue weighted by Gasteiger charge is 2.16. The first kappa shape index (κ1) is 12.7. The molecule has 2 heterocycles. The van der Waals surface area contributed by atoms with Crippen molar-refractivity contribution in [2.75, 3.05) is 0 Å². The average Bonchev–Trinajstić information content (AvgIpc) is 2.98. The molecule has 0 aliphatic carbocycles. The highest BCUT2D eigenvalue weighted by Crippen LogP contribution is 2.34. The summed E-state index contributed by atoms with van der Waals surface area (Å²) >= 11 is 3.42. The fourth-order valence-electron chi connectivity index (χ4n) is 2.08. The lowest BCUT2D eigenvalue weighted by Crippen LogP contribution is -2.29. The highest BCUT2D eigenvalue weighted by molar-refractivity contribution is 7.26. The number of hydrogen-bond acceptors (Lipinski definition) is 4.